The van der Waals surface area contributed by atoms with Crippen LogP contribution in [-0.2, 0) is 4.74 Å². The molecule has 1 aliphatic heterocycles. The van der Waals surface area contributed by atoms with Gasteiger partial charge in [0.2, 0.25) is 0 Å². The van der Waals surface area contributed by atoms with Crippen molar-refractivity contribution in [1.29, 1.82) is 5.26 Å². The molecule has 1 amide bonds. The van der Waals surface area contributed by atoms with Crippen LogP contribution < -0.4 is 9.47 Å². The summed E-state index contributed by atoms with van der Waals surface area (Å²) in [5.74, 6) is 0.217. The van der Waals surface area contributed by atoms with Gasteiger partial charge < -0.3 is 23.5 Å². The van der Waals surface area contributed by atoms with E-state index in [4.69, 9.17) is 18.6 Å². The topological polar surface area (TPSA) is 97.8 Å². The molecule has 9 heteroatoms. The lowest BCUT2D eigenvalue weighted by molar-refractivity contribution is -0.0563. The molecule has 40 heavy (non-hydrogen) atoms. The van der Waals surface area contributed by atoms with Gasteiger partial charge in [-0.25, -0.2) is 4.39 Å². The van der Waals surface area contributed by atoms with Crippen LogP contribution in [0.15, 0.2) is 53.1 Å². The molecule has 4 aromatic rings. The quantitative estimate of drug-likeness (QED) is 0.297. The summed E-state index contributed by atoms with van der Waals surface area (Å²) >= 11 is 0. The predicted octanol–water partition coefficient (Wildman–Crippen LogP) is 5.93. The van der Waals surface area contributed by atoms with Gasteiger partial charge in [0.15, 0.2) is 17.1 Å². The number of carbonyl (C=O) groups is 1. The fourth-order valence-corrected chi connectivity index (χ4v) is 5.09. The first-order chi connectivity index (χ1) is 19.2. The monoisotopic (exact) mass is 543 g/mol. The largest absolute Gasteiger partial charge is 0.496 e. The van der Waals surface area contributed by atoms with Crippen LogP contribution >= 0.6 is 0 Å². The molecule has 0 spiro atoms. The first-order valence-corrected chi connectivity index (χ1v) is 13.0. The molecular weight excluding hydrogens is 513 g/mol. The summed E-state index contributed by atoms with van der Waals surface area (Å²) in [4.78, 5) is 18.3. The zero-order chi connectivity index (χ0) is 28.6. The van der Waals surface area contributed by atoms with Gasteiger partial charge in [-0.1, -0.05) is 13.8 Å². The van der Waals surface area contributed by atoms with Crippen molar-refractivity contribution in [3.05, 3.63) is 65.6 Å². The summed E-state index contributed by atoms with van der Waals surface area (Å²) in [6, 6.07) is 13.6. The average molecular weight is 544 g/mol. The van der Waals surface area contributed by atoms with Gasteiger partial charge >= 0.3 is 0 Å². The second-order valence-corrected chi connectivity index (χ2v) is 10.3. The third-order valence-corrected chi connectivity index (χ3v) is 7.14. The maximum absolute atomic E-state index is 15.5. The number of fused-ring (bicyclic) bond motifs is 1. The van der Waals surface area contributed by atoms with Crippen LogP contribution in [0.1, 0.15) is 29.8 Å². The highest BCUT2D eigenvalue weighted by molar-refractivity contribution is 5.96. The van der Waals surface area contributed by atoms with E-state index in [1.165, 1.54) is 18.1 Å². The summed E-state index contributed by atoms with van der Waals surface area (Å²) in [5, 5.41) is 9.90. The number of rotatable bonds is 6. The van der Waals surface area contributed by atoms with Crippen molar-refractivity contribution in [1.82, 2.24) is 9.88 Å². The van der Waals surface area contributed by atoms with Gasteiger partial charge in [-0.3, -0.25) is 9.78 Å². The highest BCUT2D eigenvalue weighted by atomic mass is 19.1. The highest BCUT2D eigenvalue weighted by Crippen LogP contribution is 2.39. The number of carbonyl (C=O) groups excluding carboxylic acids is 1. The van der Waals surface area contributed by atoms with Gasteiger partial charge in [0, 0.05) is 49.3 Å². The van der Waals surface area contributed by atoms with Crippen LogP contribution in [0.4, 0.5) is 4.39 Å². The lowest BCUT2D eigenvalue weighted by atomic mass is 9.92. The zero-order valence-electron chi connectivity index (χ0n) is 23.0. The Hall–Kier alpha value is -4.42. The number of aromatic nitrogens is 1. The first-order valence-electron chi connectivity index (χ1n) is 13.0. The molecule has 2 atom stereocenters. The summed E-state index contributed by atoms with van der Waals surface area (Å²) in [5.41, 5.74) is 3.22. The van der Waals surface area contributed by atoms with Crippen LogP contribution in [0.2, 0.25) is 0 Å². The van der Waals surface area contributed by atoms with E-state index in [0.717, 1.165) is 0 Å². The number of hydrogen-bond acceptors (Lipinski definition) is 7. The number of nitriles is 1. The van der Waals surface area contributed by atoms with Crippen LogP contribution in [0, 0.1) is 29.0 Å². The molecular formula is C31H30FN3O5. The van der Waals surface area contributed by atoms with E-state index in [-0.39, 0.29) is 35.2 Å². The lowest BCUT2D eigenvalue weighted by Crippen LogP contribution is -2.41. The molecule has 2 aromatic heterocycles. The minimum Gasteiger partial charge on any atom is -0.496 e. The maximum atomic E-state index is 15.5. The minimum atomic E-state index is -0.625. The molecule has 5 rings (SSSR count). The van der Waals surface area contributed by atoms with Gasteiger partial charge in [-0.15, -0.1) is 0 Å². The molecule has 0 radical (unpaired) electrons. The Morgan fingerprint density at radius 1 is 1.10 bits per heavy atom. The molecule has 8 nitrogen and oxygen atoms in total. The van der Waals surface area contributed by atoms with E-state index in [2.05, 4.69) is 11.1 Å². The SMILES string of the molecule is COc1cc(C(=O)N(C)C)ccc1-c1cc2nccc(-c3cc(F)c(OC4C(C)COCC4C)c(C#N)c3)c2o1. The van der Waals surface area contributed by atoms with Gasteiger partial charge in [0.05, 0.1) is 31.5 Å². The molecule has 2 unspecified atom stereocenters. The molecule has 2 aromatic carbocycles. The van der Waals surface area contributed by atoms with E-state index in [1.807, 2.05) is 13.8 Å². The smallest absolute Gasteiger partial charge is 0.253 e. The number of amides is 1. The standard InChI is InChI=1S/C31H30FN3O5/c1-17-15-38-16-18(2)28(17)40-29-21(14-33)10-20(11-24(29)32)22-8-9-34-25-13-27(39-30(22)25)23-7-6-19(12-26(23)37-5)31(36)35(3)4/h6-13,17-18,28H,15-16H2,1-5H3. The average Bonchev–Trinajstić information content (AvgIpc) is 3.39. The maximum Gasteiger partial charge on any atom is 0.253 e. The van der Waals surface area contributed by atoms with Crippen LogP contribution in [0.5, 0.6) is 11.5 Å². The van der Waals surface area contributed by atoms with Crippen molar-refractivity contribution >= 4 is 17.0 Å². The number of nitrogens with zero attached hydrogens (tertiary/aromatic N) is 3. The van der Waals surface area contributed by atoms with Gasteiger partial charge in [0.1, 0.15) is 29.2 Å². The molecule has 0 saturated carbocycles. The Morgan fingerprint density at radius 2 is 1.85 bits per heavy atom. The number of methoxy groups -OCH3 is 1. The highest BCUT2D eigenvalue weighted by Gasteiger charge is 2.32. The number of ether oxygens (including phenoxy) is 3. The first kappa shape index (κ1) is 27.2. The molecule has 1 saturated heterocycles. The second kappa shape index (κ2) is 11.0. The van der Waals surface area contributed by atoms with Crippen molar-refractivity contribution in [2.45, 2.75) is 20.0 Å². The fourth-order valence-electron chi connectivity index (χ4n) is 5.09. The predicted molar refractivity (Wildman–Crippen MR) is 148 cm³/mol. The normalized spacial score (nSPS) is 18.8. The summed E-state index contributed by atoms with van der Waals surface area (Å²) in [6.07, 6.45) is 1.34. The Balaban J connectivity index is 1.54. The van der Waals surface area contributed by atoms with Crippen molar-refractivity contribution in [2.75, 3.05) is 34.4 Å². The zero-order valence-corrected chi connectivity index (χ0v) is 23.0. The number of pyridine rings is 1. The number of benzene rings is 2. The molecule has 0 bridgehead atoms. The minimum absolute atomic E-state index is 0.0561. The molecule has 1 aliphatic rings. The molecule has 1 fully saturated rings. The third kappa shape index (κ3) is 4.98. The van der Waals surface area contributed by atoms with Crippen LogP contribution in [0.25, 0.3) is 33.6 Å². The van der Waals surface area contributed by atoms with E-state index >= 15 is 4.39 Å². The number of furan rings is 1. The van der Waals surface area contributed by atoms with E-state index in [1.54, 1.807) is 56.7 Å². The lowest BCUT2D eigenvalue weighted by Gasteiger charge is -2.34. The Morgan fingerprint density at radius 3 is 2.52 bits per heavy atom. The summed E-state index contributed by atoms with van der Waals surface area (Å²) in [7, 11) is 4.88. The summed E-state index contributed by atoms with van der Waals surface area (Å²) in [6.45, 7) is 5.02. The Kier molecular flexibility index (Phi) is 7.46. The molecule has 0 N–H and O–H groups in total. The Labute approximate surface area is 231 Å². The number of halogens is 1. The molecule has 206 valence electrons. The second-order valence-electron chi connectivity index (χ2n) is 10.3. The van der Waals surface area contributed by atoms with Gasteiger partial charge in [0.25, 0.3) is 5.91 Å². The van der Waals surface area contributed by atoms with Crippen LogP contribution in [-0.4, -0.2) is 56.3 Å². The molecule has 0 aliphatic carbocycles. The van der Waals surface area contributed by atoms with E-state index in [0.29, 0.717) is 58.1 Å². The van der Waals surface area contributed by atoms with Crippen molar-refractivity contribution in [3.8, 4) is 40.0 Å². The van der Waals surface area contributed by atoms with Gasteiger partial charge in [-0.05, 0) is 42.0 Å². The van der Waals surface area contributed by atoms with Crippen molar-refractivity contribution in [2.24, 2.45) is 11.8 Å². The summed E-state index contributed by atoms with van der Waals surface area (Å²) < 4.78 is 39.0. The van der Waals surface area contributed by atoms with Crippen LogP contribution in [0.3, 0.4) is 0 Å². The van der Waals surface area contributed by atoms with Crippen molar-refractivity contribution < 1.29 is 27.8 Å². The van der Waals surface area contributed by atoms with E-state index < -0.39 is 5.82 Å². The van der Waals surface area contributed by atoms with Gasteiger partial charge in [-0.2, -0.15) is 5.26 Å². The Bertz CT molecular complexity index is 1610. The molecule has 3 heterocycles. The number of hydrogen-bond donors (Lipinski definition) is 0. The van der Waals surface area contributed by atoms with Crippen molar-refractivity contribution in [3.63, 3.8) is 0 Å². The third-order valence-electron chi connectivity index (χ3n) is 7.14. The fraction of sp³-hybridized carbons (Fsp3) is 0.323. The van der Waals surface area contributed by atoms with E-state index in [9.17, 15) is 10.1 Å².